The third-order valence-electron chi connectivity index (χ3n) is 4.03. The quantitative estimate of drug-likeness (QED) is 0.665. The van der Waals surface area contributed by atoms with Gasteiger partial charge in [-0.15, -0.1) is 0 Å². The van der Waals surface area contributed by atoms with Crippen molar-refractivity contribution in [3.63, 3.8) is 0 Å². The first-order valence-electron chi connectivity index (χ1n) is 7.85. The van der Waals surface area contributed by atoms with Crippen LogP contribution < -0.4 is 20.9 Å². The monoisotopic (exact) mass is 359 g/mol. The minimum atomic E-state index is -0.907. The third-order valence-corrected chi connectivity index (χ3v) is 4.03. The first kappa shape index (κ1) is 16.1. The second kappa shape index (κ2) is 5.83. The molecule has 0 radical (unpaired) electrons. The summed E-state index contributed by atoms with van der Waals surface area (Å²) in [5.74, 6) is -1.92. The topological polar surface area (TPSA) is 125 Å². The Kier molecular flexibility index (Phi) is 3.60. The van der Waals surface area contributed by atoms with Gasteiger partial charge in [0.25, 0.3) is 5.91 Å². The van der Waals surface area contributed by atoms with Gasteiger partial charge in [-0.05, 0) is 13.0 Å². The Balaban J connectivity index is 2.09. The Bertz CT molecular complexity index is 1090. The van der Waals surface area contributed by atoms with Gasteiger partial charge < -0.3 is 15.2 Å². The molecule has 3 N–H and O–H groups in total. The smallest absolute Gasteiger partial charge is 0.333 e. The number of nitrogens with zero attached hydrogens (tertiary/aromatic N) is 3. The van der Waals surface area contributed by atoms with E-state index >= 15 is 0 Å². The van der Waals surface area contributed by atoms with Crippen LogP contribution in [0.4, 0.5) is 4.39 Å². The Morgan fingerprint density at radius 1 is 1.50 bits per heavy atom. The summed E-state index contributed by atoms with van der Waals surface area (Å²) in [5, 5.41) is 0. The van der Waals surface area contributed by atoms with E-state index in [9.17, 15) is 14.0 Å². The predicted molar refractivity (Wildman–Crippen MR) is 88.2 cm³/mol. The highest BCUT2D eigenvalue weighted by molar-refractivity contribution is 5.95. The summed E-state index contributed by atoms with van der Waals surface area (Å²) < 4.78 is 27.1. The molecule has 26 heavy (non-hydrogen) atoms. The van der Waals surface area contributed by atoms with Gasteiger partial charge in [0.2, 0.25) is 5.88 Å². The van der Waals surface area contributed by atoms with E-state index in [2.05, 4.69) is 15.0 Å². The molecule has 1 aliphatic rings. The number of H-pyrrole nitrogens is 1. The second-order valence-corrected chi connectivity index (χ2v) is 5.85. The molecule has 0 fully saturated rings. The van der Waals surface area contributed by atoms with Gasteiger partial charge in [-0.1, -0.05) is 0 Å². The lowest BCUT2D eigenvalue weighted by atomic mass is 10.2. The lowest BCUT2D eigenvalue weighted by Crippen LogP contribution is -2.22. The molecular weight excluding hydrogens is 345 g/mol. The van der Waals surface area contributed by atoms with E-state index in [4.69, 9.17) is 15.2 Å². The van der Waals surface area contributed by atoms with E-state index in [1.54, 1.807) is 13.0 Å². The van der Waals surface area contributed by atoms with Crippen LogP contribution in [0.1, 0.15) is 23.7 Å². The van der Waals surface area contributed by atoms with Crippen LogP contribution in [0.25, 0.3) is 17.0 Å². The van der Waals surface area contributed by atoms with Crippen LogP contribution in [0.5, 0.6) is 11.6 Å². The van der Waals surface area contributed by atoms with Gasteiger partial charge in [0.15, 0.2) is 17.3 Å². The normalized spacial score (nSPS) is 16.5. The highest BCUT2D eigenvalue weighted by Gasteiger charge is 2.24. The number of carbonyl (C=O) groups is 1. The molecule has 3 aromatic heterocycles. The van der Waals surface area contributed by atoms with E-state index in [1.165, 1.54) is 6.20 Å². The van der Waals surface area contributed by atoms with Crippen molar-refractivity contribution >= 4 is 17.1 Å². The summed E-state index contributed by atoms with van der Waals surface area (Å²) >= 11 is 0. The number of amides is 1. The number of imidazole rings is 1. The molecule has 0 saturated heterocycles. The van der Waals surface area contributed by atoms with Gasteiger partial charge in [0, 0.05) is 18.7 Å². The highest BCUT2D eigenvalue weighted by Crippen LogP contribution is 2.29. The third kappa shape index (κ3) is 2.46. The summed E-state index contributed by atoms with van der Waals surface area (Å²) in [5.41, 5.74) is 4.91. The number of halogens is 1. The molecule has 0 aromatic carbocycles. The lowest BCUT2D eigenvalue weighted by molar-refractivity contribution is 0.0989. The van der Waals surface area contributed by atoms with Crippen LogP contribution >= 0.6 is 0 Å². The maximum absolute atomic E-state index is 14.7. The van der Waals surface area contributed by atoms with Gasteiger partial charge >= 0.3 is 5.69 Å². The molecule has 4 heterocycles. The van der Waals surface area contributed by atoms with E-state index in [0.29, 0.717) is 12.2 Å². The zero-order chi connectivity index (χ0) is 18.4. The van der Waals surface area contributed by atoms with Crippen molar-refractivity contribution in [2.75, 3.05) is 6.61 Å². The number of hydrogen-bond acceptors (Lipinski definition) is 6. The maximum atomic E-state index is 14.7. The number of aromatic amines is 1. The van der Waals surface area contributed by atoms with Crippen molar-refractivity contribution < 1.29 is 18.7 Å². The van der Waals surface area contributed by atoms with Gasteiger partial charge in [-0.3, -0.25) is 9.78 Å². The zero-order valence-electron chi connectivity index (χ0n) is 13.7. The predicted octanol–water partition coefficient (Wildman–Crippen LogP) is 0.897. The van der Waals surface area contributed by atoms with E-state index in [0.717, 1.165) is 10.6 Å². The minimum absolute atomic E-state index is 0.144. The number of hydrogen-bond donors (Lipinski definition) is 2. The first-order valence-corrected chi connectivity index (χ1v) is 7.85. The van der Waals surface area contributed by atoms with Crippen molar-refractivity contribution in [2.45, 2.75) is 19.4 Å². The number of carbonyl (C=O) groups excluding carboxylic acids is 1. The number of primary amides is 1. The summed E-state index contributed by atoms with van der Waals surface area (Å²) in [6, 6.07) is 2.49. The van der Waals surface area contributed by atoms with Crippen molar-refractivity contribution in [3.8, 4) is 17.4 Å². The standard InChI is InChI=1S/C16H14FN5O4/c1-7-3-5-25-10-2-4-19-13-11(10)22(16(24)20-13)14-9(17)6-8(12(18)23)15(21-14)26-7/h2,4,6-7H,3,5H2,1H3,(H2,18,23)(H,19,20,24)/t7-/m0/s1. The number of nitrogens with two attached hydrogens (primary N) is 1. The number of rotatable bonds is 1. The number of fused-ring (bicyclic) bond motifs is 3. The molecule has 10 heteroatoms. The summed E-state index contributed by atoms with van der Waals surface area (Å²) in [4.78, 5) is 34.7. The van der Waals surface area contributed by atoms with Gasteiger partial charge in [-0.2, -0.15) is 4.98 Å². The Labute approximate surface area is 145 Å². The molecule has 4 rings (SSSR count). The Morgan fingerprint density at radius 3 is 3.08 bits per heavy atom. The molecule has 0 aliphatic carbocycles. The van der Waals surface area contributed by atoms with Gasteiger partial charge in [0.1, 0.15) is 22.9 Å². The molecule has 3 aromatic rings. The molecule has 1 atom stereocenters. The first-order chi connectivity index (χ1) is 12.5. The number of nitrogens with one attached hydrogen (secondary N) is 1. The van der Waals surface area contributed by atoms with Crippen LogP contribution in [-0.4, -0.2) is 38.1 Å². The Hall–Kier alpha value is -3.43. The average molecular weight is 359 g/mol. The molecule has 0 unspecified atom stereocenters. The van der Waals surface area contributed by atoms with Crippen molar-refractivity contribution in [1.82, 2.24) is 19.5 Å². The fourth-order valence-corrected chi connectivity index (χ4v) is 2.79. The summed E-state index contributed by atoms with van der Waals surface area (Å²) in [6.45, 7) is 2.02. The minimum Gasteiger partial charge on any atom is -0.491 e. The number of aromatic nitrogens is 4. The fraction of sp³-hybridized carbons (Fsp3) is 0.250. The number of ether oxygens (including phenoxy) is 2. The van der Waals surface area contributed by atoms with Crippen LogP contribution in [0, 0.1) is 5.82 Å². The van der Waals surface area contributed by atoms with Crippen molar-refractivity contribution in [3.05, 3.63) is 40.2 Å². The van der Waals surface area contributed by atoms with Crippen LogP contribution in [0.3, 0.4) is 0 Å². The molecule has 0 saturated carbocycles. The largest absolute Gasteiger partial charge is 0.491 e. The highest BCUT2D eigenvalue weighted by atomic mass is 19.1. The summed E-state index contributed by atoms with van der Waals surface area (Å²) in [6.07, 6.45) is 1.56. The lowest BCUT2D eigenvalue weighted by Gasteiger charge is -2.16. The van der Waals surface area contributed by atoms with Gasteiger partial charge in [0.05, 0.1) is 6.61 Å². The van der Waals surface area contributed by atoms with Crippen LogP contribution in [-0.2, 0) is 0 Å². The molecule has 0 spiro atoms. The van der Waals surface area contributed by atoms with E-state index in [-0.39, 0.29) is 41.1 Å². The summed E-state index contributed by atoms with van der Waals surface area (Å²) in [7, 11) is 0. The Morgan fingerprint density at radius 2 is 2.31 bits per heavy atom. The molecule has 9 nitrogen and oxygen atoms in total. The molecule has 2 bridgehead atoms. The molecular formula is C16H14FN5O4. The fourth-order valence-electron chi connectivity index (χ4n) is 2.79. The number of pyridine rings is 2. The van der Waals surface area contributed by atoms with Crippen molar-refractivity contribution in [2.24, 2.45) is 5.73 Å². The second-order valence-electron chi connectivity index (χ2n) is 5.85. The van der Waals surface area contributed by atoms with E-state index in [1.807, 2.05) is 0 Å². The maximum Gasteiger partial charge on any atom is 0.333 e. The average Bonchev–Trinajstić information content (AvgIpc) is 2.91. The molecule has 1 amide bonds. The van der Waals surface area contributed by atoms with Gasteiger partial charge in [-0.25, -0.2) is 18.7 Å². The molecule has 1 aliphatic heterocycles. The van der Waals surface area contributed by atoms with Crippen molar-refractivity contribution in [1.29, 1.82) is 0 Å². The molecule has 134 valence electrons. The zero-order valence-corrected chi connectivity index (χ0v) is 13.7. The van der Waals surface area contributed by atoms with E-state index < -0.39 is 17.4 Å². The SMILES string of the molecule is C[C@H]1CCOc2ccnc3[nH]c(=O)n(c23)-c2nc(c(C(N)=O)cc2F)O1. The van der Waals surface area contributed by atoms with Crippen LogP contribution in [0.15, 0.2) is 23.1 Å². The van der Waals surface area contributed by atoms with Crippen LogP contribution in [0.2, 0.25) is 0 Å².